The Labute approximate surface area is 705 Å². The first-order chi connectivity index (χ1) is 64.2. The lowest BCUT2D eigenvalue weighted by molar-refractivity contribution is 1.15. The van der Waals surface area contributed by atoms with E-state index >= 15 is 0 Å². The summed E-state index contributed by atoms with van der Waals surface area (Å²) in [5.74, 6) is 0. The van der Waals surface area contributed by atoms with Gasteiger partial charge in [-0.05, 0) is 132 Å². The predicted octanol–water partition coefficient (Wildman–Crippen LogP) is 25.1. The fraction of sp³-hybridized carbons (Fsp3) is 0. The summed E-state index contributed by atoms with van der Waals surface area (Å²) in [6.07, 6.45) is 0. The quantitative estimate of drug-likeness (QED) is 0.120. The lowest BCUT2D eigenvalue weighted by Crippen LogP contribution is -2.64. The summed E-state index contributed by atoms with van der Waals surface area (Å²) >= 11 is 3.12. The van der Waals surface area contributed by atoms with E-state index in [0.29, 0.717) is 22.7 Å². The largest absolute Gasteiger partial charge is 0.310 e. The Morgan fingerprint density at radius 3 is 0.871 bits per heavy atom. The topological polar surface area (TPSA) is 16.3 Å². The summed E-state index contributed by atoms with van der Waals surface area (Å²) in [5.41, 5.74) is 23.5. The monoisotopic (exact) mass is 1520 g/mol. The van der Waals surface area contributed by atoms with Gasteiger partial charge in [-0.2, -0.15) is 0 Å². The van der Waals surface area contributed by atoms with Gasteiger partial charge >= 0.3 is 0 Å². The Balaban J connectivity index is 0.869. The average molecular weight is 1520 g/mol. The van der Waals surface area contributed by atoms with E-state index in [1.807, 2.05) is 140 Å². The van der Waals surface area contributed by atoms with Crippen LogP contribution in [0.4, 0.5) is 34.1 Å². The maximum absolute atomic E-state index is 10.1. The van der Waals surface area contributed by atoms with Gasteiger partial charge < -0.3 is 18.9 Å². The van der Waals surface area contributed by atoms with Gasteiger partial charge in [-0.3, -0.25) is 0 Å². The third kappa shape index (κ3) is 10.3. The minimum Gasteiger partial charge on any atom is -0.310 e. The molecule has 2 aromatic heterocycles. The molecule has 0 atom stereocenters. The van der Waals surface area contributed by atoms with Crippen LogP contribution in [0, 0.1) is 0 Å². The molecule has 0 aliphatic carbocycles. The lowest BCUT2D eigenvalue weighted by Gasteiger charge is -2.44. The summed E-state index contributed by atoms with van der Waals surface area (Å²) in [6.45, 7) is -1.29. The van der Waals surface area contributed by atoms with Crippen LogP contribution in [0.2, 0.25) is 0 Å². The normalized spacial score (nSPS) is 14.8. The van der Waals surface area contributed by atoms with Crippen LogP contribution < -0.4 is 42.6 Å². The maximum atomic E-state index is 10.1. The fourth-order valence-electron chi connectivity index (χ4n) is 18.6. The Morgan fingerprint density at radius 1 is 0.241 bits per heavy atom. The highest BCUT2D eigenvalue weighted by atomic mass is 32.2. The molecule has 20 aromatic rings. The molecule has 538 valence electrons. The number of fused-ring (bicyclic) bond motifs is 14. The van der Waals surface area contributed by atoms with Crippen molar-refractivity contribution in [2.45, 2.75) is 19.6 Å². The van der Waals surface area contributed by atoms with Crippen LogP contribution in [0.15, 0.2) is 432 Å². The van der Waals surface area contributed by atoms with Crippen LogP contribution in [0.1, 0.15) is 21.9 Å². The molecule has 6 heterocycles. The molecule has 0 N–H and O–H groups in total. The molecule has 24 rings (SSSR count). The number of aromatic nitrogens is 2. The molecule has 18 aromatic carbocycles. The summed E-state index contributed by atoms with van der Waals surface area (Å²) < 4.78 is 158. The zero-order valence-corrected chi connectivity index (χ0v) is 63.4. The Kier molecular flexibility index (Phi) is 12.1. The second-order valence-corrected chi connectivity index (χ2v) is 31.8. The molecule has 4 aliphatic rings. The van der Waals surface area contributed by atoms with Gasteiger partial charge in [0.1, 0.15) is 0 Å². The Hall–Kier alpha value is -14.0. The molecule has 8 heteroatoms. The van der Waals surface area contributed by atoms with E-state index in [1.54, 1.807) is 32.7 Å². The van der Waals surface area contributed by atoms with Crippen molar-refractivity contribution >= 4 is 147 Å². The van der Waals surface area contributed by atoms with Crippen molar-refractivity contribution in [3.63, 3.8) is 0 Å². The number of anilines is 6. The van der Waals surface area contributed by atoms with Crippen molar-refractivity contribution in [1.82, 2.24) is 9.13 Å². The summed E-state index contributed by atoms with van der Waals surface area (Å²) in [4.78, 5) is 7.94. The van der Waals surface area contributed by atoms with Gasteiger partial charge in [0.15, 0.2) is 0 Å². The highest BCUT2D eigenvalue weighted by molar-refractivity contribution is 8.01. The molecule has 0 bridgehead atoms. The number of hydrogen-bond acceptors (Lipinski definition) is 4. The van der Waals surface area contributed by atoms with Crippen LogP contribution in [-0.4, -0.2) is 22.6 Å². The highest BCUT2D eigenvalue weighted by Gasteiger charge is 2.49. The number of rotatable bonds is 11. The van der Waals surface area contributed by atoms with Crippen molar-refractivity contribution in [2.24, 2.45) is 0 Å². The minimum atomic E-state index is -0.644. The molecule has 4 aliphatic heterocycles. The first-order valence-corrected chi connectivity index (χ1v) is 40.3. The molecule has 116 heavy (non-hydrogen) atoms. The van der Waals surface area contributed by atoms with E-state index < -0.39 is 110 Å². The zero-order chi connectivity index (χ0) is 90.0. The number of benzene rings is 18. The second-order valence-electron chi connectivity index (χ2n) is 29.7. The predicted molar refractivity (Wildman–Crippen MR) is 493 cm³/mol. The van der Waals surface area contributed by atoms with Crippen LogP contribution in [0.3, 0.4) is 0 Å². The van der Waals surface area contributed by atoms with Crippen molar-refractivity contribution in [2.75, 3.05) is 9.80 Å². The van der Waals surface area contributed by atoms with Crippen molar-refractivity contribution in [3.8, 4) is 89.3 Å². The highest BCUT2D eigenvalue weighted by Crippen LogP contribution is 2.56. The number of nitrogens with zero attached hydrogens (tertiary/aromatic N) is 4. The summed E-state index contributed by atoms with van der Waals surface area (Å²) in [6, 6.07) is 101. The molecule has 0 amide bonds. The van der Waals surface area contributed by atoms with Crippen molar-refractivity contribution in [1.29, 1.82) is 0 Å². The number of para-hydroxylation sites is 6. The molecule has 0 radical (unpaired) electrons. The molecule has 0 unspecified atom stereocenters. The molecule has 0 fully saturated rings. The average Bonchev–Trinajstić information content (AvgIpc) is 0.687. The van der Waals surface area contributed by atoms with E-state index in [4.69, 9.17) is 0 Å². The van der Waals surface area contributed by atoms with Gasteiger partial charge in [-0.25, -0.2) is 0 Å². The smallest absolute Gasteiger partial charge is 0.249 e. The van der Waals surface area contributed by atoms with Crippen LogP contribution >= 0.6 is 23.5 Å². The second kappa shape index (κ2) is 26.8. The van der Waals surface area contributed by atoms with Crippen LogP contribution in [-0.2, 0) is 0 Å². The maximum Gasteiger partial charge on any atom is 0.249 e. The zero-order valence-electron chi connectivity index (χ0n) is 77.8. The molecular weight excluding hydrogens is 1440 g/mol. The van der Waals surface area contributed by atoms with Crippen LogP contribution in [0.25, 0.3) is 133 Å². The summed E-state index contributed by atoms with van der Waals surface area (Å²) in [5, 5.41) is -0.241. The van der Waals surface area contributed by atoms with Gasteiger partial charge in [-0.15, -0.1) is 0 Å². The Morgan fingerprint density at radius 2 is 0.543 bits per heavy atom. The molecule has 0 saturated heterocycles. The SMILES string of the molecule is [2H]c1c([2H])c([2H])c2c(c1[2H])c1c([2H])c([2H])c([2H])c([2H])c1n2-c1cc2c3c(c1)N(c1c(-c4ccccc4)cccc1-c1ccccc1)c1cc(-c4ccccc4)ccc1B3c1cc3c(c(-c4ccccc4)c1S2)Sc1cc(-n2c4c([2H])c([2H])c([2H])c([2H])c4c4c([2H])c([2H])c([2H])c([2H])c42)cc2c1B3c1ccc(-c3ccccc3)cc1N2c1c(-c2ccccc2)cccc1-c1ccccc1. The van der Waals surface area contributed by atoms with E-state index in [-0.39, 0.29) is 43.6 Å². The van der Waals surface area contributed by atoms with Gasteiger partial charge in [0.05, 0.1) is 55.4 Å². The van der Waals surface area contributed by atoms with E-state index in [1.165, 1.54) is 0 Å². The van der Waals surface area contributed by atoms with Gasteiger partial charge in [-0.1, -0.05) is 386 Å². The Bertz CT molecular complexity index is 7690. The first kappa shape index (κ1) is 52.3. The van der Waals surface area contributed by atoms with E-state index in [0.717, 1.165) is 153 Å². The third-order valence-electron chi connectivity index (χ3n) is 23.5. The van der Waals surface area contributed by atoms with Gasteiger partial charge in [0, 0.05) is 103 Å². The molecule has 0 saturated carbocycles. The van der Waals surface area contributed by atoms with Gasteiger partial charge in [0.25, 0.3) is 0 Å². The minimum absolute atomic E-state index is 0.0341. The number of hydrogen-bond donors (Lipinski definition) is 0. The third-order valence-corrected chi connectivity index (χ3v) is 25.9. The molecular formula is C108H68B2N4S2. The standard InChI is InChI=1S/C108H68B2N4S2/c1-8-32-69(33-9-1)76-58-60-88-96(62-76)113(105-80(71-36-12-3-13-37-71)50-30-51-81(105)72-38-14-4-15-39-72)98-64-78(111-92-54-26-22-46-84(92)85-47-23-27-55-93(85)111)66-100-103(98)109(88)90-68-91-108(102(107(90)115-100)75-44-20-7-21-45-75)116-101-67-79(112-94-56-28-24-48-86(94)87-49-25-29-57-95(87)112)65-99-104(101)110(91)89-61-59-77(70-34-10-2-11-35-70)63-97(89)114(99)106-82(73-40-16-5-17-41-73)52-31-53-83(106)74-42-18-6-19-43-74/h1-68H/i22D,23D,24D,25D,26D,27D,28D,29D,46D,47D,48D,49D,54D,55D,56D,57D. The fourth-order valence-corrected chi connectivity index (χ4v) is 21.4. The molecule has 4 nitrogen and oxygen atoms in total. The van der Waals surface area contributed by atoms with Crippen molar-refractivity contribution in [3.05, 3.63) is 412 Å². The van der Waals surface area contributed by atoms with Gasteiger partial charge in [0.2, 0.25) is 13.4 Å². The first-order valence-electron chi connectivity index (χ1n) is 46.7. The van der Waals surface area contributed by atoms with Crippen molar-refractivity contribution < 1.29 is 21.9 Å². The van der Waals surface area contributed by atoms with Crippen LogP contribution in [0.5, 0.6) is 0 Å². The summed E-state index contributed by atoms with van der Waals surface area (Å²) in [7, 11) is 0. The van der Waals surface area contributed by atoms with E-state index in [9.17, 15) is 21.9 Å². The molecule has 0 spiro atoms. The van der Waals surface area contributed by atoms with E-state index in [2.05, 4.69) is 186 Å². The lowest BCUT2D eigenvalue weighted by atomic mass is 9.31.